The van der Waals surface area contributed by atoms with Crippen molar-refractivity contribution in [1.29, 1.82) is 0 Å². The number of nitrogens with one attached hydrogen (secondary N) is 1. The van der Waals surface area contributed by atoms with Crippen molar-refractivity contribution < 1.29 is 4.39 Å². The summed E-state index contributed by atoms with van der Waals surface area (Å²) in [7, 11) is 3.07. The van der Waals surface area contributed by atoms with Crippen LogP contribution in [0.25, 0.3) is 0 Å². The first-order valence-electron chi connectivity index (χ1n) is 6.20. The highest BCUT2D eigenvalue weighted by Gasteiger charge is 2.05. The fraction of sp³-hybridized carbons (Fsp3) is 0.286. The molecule has 0 unspecified atom stereocenters. The number of benzene rings is 1. The molecule has 0 radical (unpaired) electrons. The molecule has 0 aliphatic carbocycles. The number of nitrogens with zero attached hydrogens (tertiary/aromatic N) is 2. The van der Waals surface area contributed by atoms with E-state index in [9.17, 15) is 14.0 Å². The molecule has 1 aromatic heterocycles. The molecule has 0 fully saturated rings. The summed E-state index contributed by atoms with van der Waals surface area (Å²) in [5, 5.41) is 3.12. The minimum absolute atomic E-state index is 0.275. The number of rotatable bonds is 4. The zero-order chi connectivity index (χ0) is 14.7. The van der Waals surface area contributed by atoms with Gasteiger partial charge in [-0.3, -0.25) is 13.9 Å². The standard InChI is InChI=1S/C14H16FN3O2/c1-17-12(7-13(19)18(2)14(17)20)9-16-8-10-3-5-11(15)6-4-10/h3-7,16H,8-9H2,1-2H3. The zero-order valence-corrected chi connectivity index (χ0v) is 11.4. The topological polar surface area (TPSA) is 56.0 Å². The molecule has 0 atom stereocenters. The lowest BCUT2D eigenvalue weighted by atomic mass is 10.2. The van der Waals surface area contributed by atoms with Gasteiger partial charge >= 0.3 is 5.69 Å². The van der Waals surface area contributed by atoms with Gasteiger partial charge in [-0.05, 0) is 17.7 Å². The van der Waals surface area contributed by atoms with E-state index in [4.69, 9.17) is 0 Å². The highest BCUT2D eigenvalue weighted by Crippen LogP contribution is 2.02. The largest absolute Gasteiger partial charge is 0.330 e. The van der Waals surface area contributed by atoms with Gasteiger partial charge in [0, 0.05) is 38.9 Å². The van der Waals surface area contributed by atoms with Gasteiger partial charge in [-0.2, -0.15) is 0 Å². The summed E-state index contributed by atoms with van der Waals surface area (Å²) in [6.45, 7) is 0.920. The van der Waals surface area contributed by atoms with Crippen LogP contribution in [0.3, 0.4) is 0 Å². The molecule has 0 aliphatic heterocycles. The summed E-state index contributed by atoms with van der Waals surface area (Å²) in [5.41, 5.74) is 0.864. The fourth-order valence-corrected chi connectivity index (χ4v) is 1.89. The molecule has 0 saturated heterocycles. The Morgan fingerprint density at radius 3 is 2.35 bits per heavy atom. The van der Waals surface area contributed by atoms with Crippen molar-refractivity contribution in [2.45, 2.75) is 13.1 Å². The van der Waals surface area contributed by atoms with Crippen molar-refractivity contribution in [3.63, 3.8) is 0 Å². The van der Waals surface area contributed by atoms with Crippen molar-refractivity contribution >= 4 is 0 Å². The summed E-state index contributed by atoms with van der Waals surface area (Å²) in [6, 6.07) is 7.59. The Morgan fingerprint density at radius 1 is 1.05 bits per heavy atom. The van der Waals surface area contributed by atoms with Gasteiger partial charge in [0.2, 0.25) is 0 Å². The number of halogens is 1. The van der Waals surface area contributed by atoms with Gasteiger partial charge in [-0.25, -0.2) is 9.18 Å². The Hall–Kier alpha value is -2.21. The van der Waals surface area contributed by atoms with E-state index in [-0.39, 0.29) is 17.1 Å². The SMILES string of the molecule is Cn1c(CNCc2ccc(F)cc2)cc(=O)n(C)c1=O. The second-order valence-corrected chi connectivity index (χ2v) is 4.60. The summed E-state index contributed by atoms with van der Waals surface area (Å²) in [5.74, 6) is -0.275. The number of hydrogen-bond donors (Lipinski definition) is 1. The molecule has 0 spiro atoms. The smallest absolute Gasteiger partial charge is 0.307 e. The lowest BCUT2D eigenvalue weighted by Crippen LogP contribution is -2.38. The normalized spacial score (nSPS) is 10.8. The van der Waals surface area contributed by atoms with Gasteiger partial charge in [0.1, 0.15) is 5.82 Å². The summed E-state index contributed by atoms with van der Waals surface area (Å²) in [6.07, 6.45) is 0. The van der Waals surface area contributed by atoms with Gasteiger partial charge in [-0.1, -0.05) is 12.1 Å². The highest BCUT2D eigenvalue weighted by atomic mass is 19.1. The summed E-state index contributed by atoms with van der Waals surface area (Å²) in [4.78, 5) is 23.3. The molecule has 1 aromatic carbocycles. The predicted molar refractivity (Wildman–Crippen MR) is 73.9 cm³/mol. The minimum Gasteiger partial charge on any atom is -0.307 e. The lowest BCUT2D eigenvalue weighted by molar-refractivity contribution is 0.598. The molecule has 2 aromatic rings. The van der Waals surface area contributed by atoms with Gasteiger partial charge in [0.25, 0.3) is 5.56 Å². The van der Waals surface area contributed by atoms with Crippen LogP contribution in [0.15, 0.2) is 39.9 Å². The van der Waals surface area contributed by atoms with Gasteiger partial charge in [-0.15, -0.1) is 0 Å². The molecule has 20 heavy (non-hydrogen) atoms. The van der Waals surface area contributed by atoms with E-state index in [0.29, 0.717) is 18.8 Å². The maximum atomic E-state index is 12.8. The predicted octanol–water partition coefficient (Wildman–Crippen LogP) is 0.513. The summed E-state index contributed by atoms with van der Waals surface area (Å²) >= 11 is 0. The molecule has 5 nitrogen and oxygen atoms in total. The van der Waals surface area contributed by atoms with Crippen LogP contribution in [0, 0.1) is 5.82 Å². The molecule has 1 N–H and O–H groups in total. The molecule has 6 heteroatoms. The van der Waals surface area contributed by atoms with Crippen LogP contribution in [0.5, 0.6) is 0 Å². The van der Waals surface area contributed by atoms with Crippen LogP contribution in [-0.4, -0.2) is 9.13 Å². The highest BCUT2D eigenvalue weighted by molar-refractivity contribution is 5.15. The van der Waals surface area contributed by atoms with Crippen LogP contribution in [0.4, 0.5) is 4.39 Å². The second kappa shape index (κ2) is 5.83. The van der Waals surface area contributed by atoms with Crippen molar-refractivity contribution in [2.75, 3.05) is 0 Å². The van der Waals surface area contributed by atoms with E-state index in [1.54, 1.807) is 19.2 Å². The third-order valence-electron chi connectivity index (χ3n) is 3.17. The average Bonchev–Trinajstić information content (AvgIpc) is 2.44. The van der Waals surface area contributed by atoms with E-state index in [1.807, 2.05) is 0 Å². The Balaban J connectivity index is 2.07. The molecule has 106 valence electrons. The van der Waals surface area contributed by atoms with Crippen LogP contribution in [0.1, 0.15) is 11.3 Å². The number of hydrogen-bond acceptors (Lipinski definition) is 3. The number of aromatic nitrogens is 2. The van der Waals surface area contributed by atoms with E-state index in [2.05, 4.69) is 5.32 Å². The molecule has 1 heterocycles. The lowest BCUT2D eigenvalue weighted by Gasteiger charge is -2.10. The van der Waals surface area contributed by atoms with E-state index >= 15 is 0 Å². The van der Waals surface area contributed by atoms with Crippen LogP contribution in [0.2, 0.25) is 0 Å². The van der Waals surface area contributed by atoms with Gasteiger partial charge in [0.05, 0.1) is 0 Å². The van der Waals surface area contributed by atoms with Gasteiger partial charge < -0.3 is 5.32 Å². The van der Waals surface area contributed by atoms with E-state index < -0.39 is 0 Å². The molecular formula is C14H16FN3O2. The quantitative estimate of drug-likeness (QED) is 0.886. The fourth-order valence-electron chi connectivity index (χ4n) is 1.89. The molecule has 0 bridgehead atoms. The summed E-state index contributed by atoms with van der Waals surface area (Å²) < 4.78 is 15.2. The third kappa shape index (κ3) is 3.03. The molecule has 2 rings (SSSR count). The third-order valence-corrected chi connectivity index (χ3v) is 3.17. The first-order chi connectivity index (χ1) is 9.49. The first-order valence-corrected chi connectivity index (χ1v) is 6.20. The Kier molecular flexibility index (Phi) is 4.14. The van der Waals surface area contributed by atoms with Crippen LogP contribution in [-0.2, 0) is 27.2 Å². The van der Waals surface area contributed by atoms with E-state index in [1.165, 1.54) is 29.8 Å². The molecular weight excluding hydrogens is 261 g/mol. The van der Waals surface area contributed by atoms with Crippen LogP contribution < -0.4 is 16.6 Å². The van der Waals surface area contributed by atoms with E-state index in [0.717, 1.165) is 10.1 Å². The maximum Gasteiger partial charge on any atom is 0.330 e. The Morgan fingerprint density at radius 2 is 1.70 bits per heavy atom. The van der Waals surface area contributed by atoms with Crippen molar-refractivity contribution in [2.24, 2.45) is 14.1 Å². The Labute approximate surface area is 115 Å². The minimum atomic E-state index is -0.351. The van der Waals surface area contributed by atoms with Crippen molar-refractivity contribution in [3.05, 3.63) is 68.2 Å². The zero-order valence-electron chi connectivity index (χ0n) is 11.4. The monoisotopic (exact) mass is 277 g/mol. The molecule has 0 amide bonds. The average molecular weight is 277 g/mol. The first kappa shape index (κ1) is 14.2. The maximum absolute atomic E-state index is 12.8. The van der Waals surface area contributed by atoms with Crippen molar-refractivity contribution in [1.82, 2.24) is 14.5 Å². The van der Waals surface area contributed by atoms with Gasteiger partial charge in [0.15, 0.2) is 0 Å². The van der Waals surface area contributed by atoms with Crippen LogP contribution >= 0.6 is 0 Å². The Bertz CT molecular complexity index is 717. The molecule has 0 aliphatic rings. The molecule has 0 saturated carbocycles. The van der Waals surface area contributed by atoms with Crippen molar-refractivity contribution in [3.8, 4) is 0 Å². The second-order valence-electron chi connectivity index (χ2n) is 4.60.